The molecule has 1 unspecified atom stereocenters. The number of tetrazole rings is 1. The smallest absolute Gasteiger partial charge is 0.227 e. The Hall–Kier alpha value is -3.72. The Morgan fingerprint density at radius 3 is 2.84 bits per heavy atom. The van der Waals surface area contributed by atoms with E-state index in [1.54, 1.807) is 29.5 Å². The van der Waals surface area contributed by atoms with Gasteiger partial charge in [0.25, 0.3) is 0 Å². The summed E-state index contributed by atoms with van der Waals surface area (Å²) in [6.07, 6.45) is 5.99. The summed E-state index contributed by atoms with van der Waals surface area (Å²) in [4.78, 5) is 8.93. The number of rotatable bonds is 7. The van der Waals surface area contributed by atoms with Gasteiger partial charge in [0, 0.05) is 35.9 Å². The molecule has 0 fully saturated rings. The first-order valence-electron chi connectivity index (χ1n) is 10.3. The summed E-state index contributed by atoms with van der Waals surface area (Å²) in [6, 6.07) is 11.9. The van der Waals surface area contributed by atoms with Gasteiger partial charge in [0.05, 0.1) is 11.6 Å². The Kier molecular flexibility index (Phi) is 5.55. The molecule has 1 aliphatic rings. The molecule has 2 N–H and O–H groups in total. The zero-order chi connectivity index (χ0) is 21.9. The van der Waals surface area contributed by atoms with E-state index in [1.165, 1.54) is 5.56 Å². The lowest BCUT2D eigenvalue weighted by Gasteiger charge is -2.16. The van der Waals surface area contributed by atoms with Gasteiger partial charge in [0.15, 0.2) is 0 Å². The van der Waals surface area contributed by atoms with Crippen LogP contribution in [0.1, 0.15) is 12.5 Å². The van der Waals surface area contributed by atoms with E-state index < -0.39 is 0 Å². The molecule has 5 rings (SSSR count). The molecule has 0 saturated carbocycles. The Balaban J connectivity index is 1.28. The minimum absolute atomic E-state index is 0.170. The van der Waals surface area contributed by atoms with Gasteiger partial charge in [-0.1, -0.05) is 23.7 Å². The average molecular weight is 449 g/mol. The highest BCUT2D eigenvalue weighted by molar-refractivity contribution is 6.32. The van der Waals surface area contributed by atoms with Crippen molar-refractivity contribution in [3.8, 4) is 16.9 Å². The van der Waals surface area contributed by atoms with Crippen LogP contribution in [0, 0.1) is 0 Å². The van der Waals surface area contributed by atoms with E-state index in [0.717, 1.165) is 35.5 Å². The highest BCUT2D eigenvalue weighted by Crippen LogP contribution is 2.31. The van der Waals surface area contributed by atoms with Gasteiger partial charge in [0.1, 0.15) is 18.2 Å². The van der Waals surface area contributed by atoms with E-state index in [4.69, 9.17) is 16.3 Å². The molecule has 1 aliphatic heterocycles. The fourth-order valence-electron chi connectivity index (χ4n) is 3.59. The number of ether oxygens (including phenoxy) is 1. The third-order valence-corrected chi connectivity index (χ3v) is 5.47. The largest absolute Gasteiger partial charge is 0.487 e. The van der Waals surface area contributed by atoms with Gasteiger partial charge in [0.2, 0.25) is 5.95 Å². The molecule has 0 bridgehead atoms. The number of nitrogens with one attached hydrogen (secondary N) is 2. The molecular weight excluding hydrogens is 428 g/mol. The molecule has 162 valence electrons. The lowest BCUT2D eigenvalue weighted by molar-refractivity contribution is 0.193. The Morgan fingerprint density at radius 1 is 1.16 bits per heavy atom. The van der Waals surface area contributed by atoms with Crippen LogP contribution in [0.25, 0.3) is 11.1 Å². The van der Waals surface area contributed by atoms with Crippen LogP contribution in [0.3, 0.4) is 0 Å². The van der Waals surface area contributed by atoms with Crippen molar-refractivity contribution in [2.24, 2.45) is 0 Å². The molecule has 1 atom stereocenters. The van der Waals surface area contributed by atoms with Gasteiger partial charge in [-0.15, -0.1) is 5.10 Å². The Bertz CT molecular complexity index is 1210. The molecule has 2 aromatic carbocycles. The van der Waals surface area contributed by atoms with Crippen molar-refractivity contribution in [1.82, 2.24) is 30.2 Å². The van der Waals surface area contributed by atoms with Gasteiger partial charge in [-0.25, -0.2) is 14.6 Å². The number of fused-ring (bicyclic) bond motifs is 1. The number of aromatic nitrogens is 6. The van der Waals surface area contributed by atoms with Crippen molar-refractivity contribution in [2.75, 3.05) is 17.2 Å². The maximum atomic E-state index is 6.35. The standard InChI is InChI=1S/C22H21ClN8O/c1-14(12-31-13-27-29-30-31)32-21-8-16(3-5-19(21)23)17-10-25-22(26-11-17)28-18-4-2-15-6-7-24-20(15)9-18/h2-5,8-11,13-14,24H,6-7,12H2,1H3,(H,25,26,28). The highest BCUT2D eigenvalue weighted by Gasteiger charge is 2.13. The van der Waals surface area contributed by atoms with Crippen LogP contribution in [0.4, 0.5) is 17.3 Å². The molecular formula is C22H21ClN8O. The van der Waals surface area contributed by atoms with E-state index >= 15 is 0 Å². The summed E-state index contributed by atoms with van der Waals surface area (Å²) >= 11 is 6.35. The summed E-state index contributed by atoms with van der Waals surface area (Å²) in [5.74, 6) is 1.12. The fourth-order valence-corrected chi connectivity index (χ4v) is 3.76. The van der Waals surface area contributed by atoms with Gasteiger partial charge in [-0.3, -0.25) is 0 Å². The predicted molar refractivity (Wildman–Crippen MR) is 122 cm³/mol. The van der Waals surface area contributed by atoms with E-state index in [0.29, 0.717) is 23.3 Å². The minimum atomic E-state index is -0.170. The van der Waals surface area contributed by atoms with Crippen molar-refractivity contribution < 1.29 is 4.74 Å². The lowest BCUT2D eigenvalue weighted by Crippen LogP contribution is -2.20. The summed E-state index contributed by atoms with van der Waals surface area (Å²) in [5, 5.41) is 18.3. The fraction of sp³-hybridized carbons (Fsp3) is 0.227. The normalized spacial score (nSPS) is 13.3. The van der Waals surface area contributed by atoms with Crippen LogP contribution < -0.4 is 15.4 Å². The van der Waals surface area contributed by atoms with E-state index in [9.17, 15) is 0 Å². The van der Waals surface area contributed by atoms with Gasteiger partial charge in [-0.05, 0) is 59.2 Å². The van der Waals surface area contributed by atoms with Crippen LogP contribution >= 0.6 is 11.6 Å². The predicted octanol–water partition coefficient (Wildman–Crippen LogP) is 3.96. The number of hydrogen-bond acceptors (Lipinski definition) is 8. The van der Waals surface area contributed by atoms with E-state index in [-0.39, 0.29) is 6.10 Å². The second-order valence-electron chi connectivity index (χ2n) is 7.57. The van der Waals surface area contributed by atoms with Crippen LogP contribution in [-0.2, 0) is 13.0 Å². The first-order valence-corrected chi connectivity index (χ1v) is 10.6. The molecule has 9 nitrogen and oxygen atoms in total. The Morgan fingerprint density at radius 2 is 2.03 bits per heavy atom. The maximum absolute atomic E-state index is 6.35. The van der Waals surface area contributed by atoms with E-state index in [1.807, 2.05) is 25.1 Å². The molecule has 0 amide bonds. The third kappa shape index (κ3) is 4.47. The number of nitrogens with zero attached hydrogens (tertiary/aromatic N) is 6. The number of anilines is 3. The molecule has 32 heavy (non-hydrogen) atoms. The first-order chi connectivity index (χ1) is 15.6. The zero-order valence-corrected chi connectivity index (χ0v) is 18.1. The average Bonchev–Trinajstić information content (AvgIpc) is 3.47. The quantitative estimate of drug-likeness (QED) is 0.438. The number of hydrogen-bond donors (Lipinski definition) is 2. The monoisotopic (exact) mass is 448 g/mol. The van der Waals surface area contributed by atoms with Crippen LogP contribution in [0.5, 0.6) is 5.75 Å². The van der Waals surface area contributed by atoms with Gasteiger partial charge >= 0.3 is 0 Å². The topological polar surface area (TPSA) is 103 Å². The molecule has 2 aromatic heterocycles. The second-order valence-corrected chi connectivity index (χ2v) is 7.98. The van der Waals surface area contributed by atoms with Crippen molar-refractivity contribution in [2.45, 2.75) is 26.0 Å². The summed E-state index contributed by atoms with van der Waals surface area (Å²) in [5.41, 5.74) is 5.22. The van der Waals surface area contributed by atoms with Gasteiger partial charge in [-0.2, -0.15) is 0 Å². The molecule has 0 aliphatic carbocycles. The molecule has 0 radical (unpaired) electrons. The molecule has 3 heterocycles. The second kappa shape index (κ2) is 8.80. The zero-order valence-electron chi connectivity index (χ0n) is 17.4. The van der Waals surface area contributed by atoms with Crippen molar-refractivity contribution in [1.29, 1.82) is 0 Å². The molecule has 10 heteroatoms. The van der Waals surface area contributed by atoms with Crippen molar-refractivity contribution in [3.05, 3.63) is 65.7 Å². The maximum Gasteiger partial charge on any atom is 0.227 e. The van der Waals surface area contributed by atoms with E-state index in [2.05, 4.69) is 48.3 Å². The van der Waals surface area contributed by atoms with Crippen LogP contribution in [-0.4, -0.2) is 42.8 Å². The van der Waals surface area contributed by atoms with Crippen molar-refractivity contribution in [3.63, 3.8) is 0 Å². The van der Waals surface area contributed by atoms with Crippen LogP contribution in [0.2, 0.25) is 5.02 Å². The molecule has 4 aromatic rings. The Labute approximate surface area is 189 Å². The molecule has 0 spiro atoms. The van der Waals surface area contributed by atoms with Crippen LogP contribution in [0.15, 0.2) is 55.1 Å². The lowest BCUT2D eigenvalue weighted by atomic mass is 10.1. The minimum Gasteiger partial charge on any atom is -0.487 e. The van der Waals surface area contributed by atoms with Crippen molar-refractivity contribution >= 4 is 28.9 Å². The SMILES string of the molecule is CC(Cn1cnnn1)Oc1cc(-c2cnc(Nc3ccc4c(c3)NCC4)nc2)ccc1Cl. The highest BCUT2D eigenvalue weighted by atomic mass is 35.5. The summed E-state index contributed by atoms with van der Waals surface area (Å²) in [7, 11) is 0. The number of halogens is 1. The molecule has 0 saturated heterocycles. The first kappa shape index (κ1) is 20.2. The van der Waals surface area contributed by atoms with Gasteiger partial charge < -0.3 is 15.4 Å². The third-order valence-electron chi connectivity index (χ3n) is 5.16. The summed E-state index contributed by atoms with van der Waals surface area (Å²) < 4.78 is 7.62. The summed E-state index contributed by atoms with van der Waals surface area (Å²) in [6.45, 7) is 3.42. The number of benzene rings is 2.